The number of anilines is 1. The van der Waals surface area contributed by atoms with Crippen molar-refractivity contribution in [2.45, 2.75) is 24.7 Å². The van der Waals surface area contributed by atoms with Crippen LogP contribution in [0.1, 0.15) is 19.8 Å². The maximum absolute atomic E-state index is 12.3. The fourth-order valence-corrected chi connectivity index (χ4v) is 3.57. The number of hydrogen-bond acceptors (Lipinski definition) is 5. The van der Waals surface area contributed by atoms with E-state index in [9.17, 15) is 27.9 Å². The van der Waals surface area contributed by atoms with Crippen LogP contribution in [0.5, 0.6) is 0 Å². The van der Waals surface area contributed by atoms with Crippen molar-refractivity contribution in [2.75, 3.05) is 5.32 Å². The molecule has 0 saturated heterocycles. The maximum atomic E-state index is 12.3. The van der Waals surface area contributed by atoms with Crippen molar-refractivity contribution < 1.29 is 27.9 Å². The van der Waals surface area contributed by atoms with E-state index in [4.69, 9.17) is 0 Å². The molecule has 0 radical (unpaired) electrons. The van der Waals surface area contributed by atoms with Gasteiger partial charge in [0.1, 0.15) is 0 Å². The summed E-state index contributed by atoms with van der Waals surface area (Å²) < 4.78 is 25.5. The number of hydrogen-bond donors (Lipinski definition) is 3. The van der Waals surface area contributed by atoms with Gasteiger partial charge in [-0.25, -0.2) is 13.1 Å². The van der Waals surface area contributed by atoms with Crippen molar-refractivity contribution in [2.24, 2.45) is 11.8 Å². The predicted octanol–water partition coefficient (Wildman–Crippen LogP) is 1.12. The summed E-state index contributed by atoms with van der Waals surface area (Å²) >= 11 is 0. The van der Waals surface area contributed by atoms with Crippen LogP contribution in [0.25, 0.3) is 0 Å². The van der Waals surface area contributed by atoms with Crippen molar-refractivity contribution in [3.8, 4) is 0 Å². The van der Waals surface area contributed by atoms with Crippen molar-refractivity contribution in [3.05, 3.63) is 36.4 Å². The number of carboxylic acid groups (broad SMARTS) is 1. The van der Waals surface area contributed by atoms with Gasteiger partial charge in [-0.15, -0.1) is 0 Å². The van der Waals surface area contributed by atoms with Gasteiger partial charge in [0.05, 0.1) is 16.7 Å². The summed E-state index contributed by atoms with van der Waals surface area (Å²) in [7, 11) is -3.94. The Hall–Kier alpha value is -2.68. The third-order valence-corrected chi connectivity index (χ3v) is 5.25. The van der Waals surface area contributed by atoms with E-state index in [0.29, 0.717) is 18.5 Å². The van der Waals surface area contributed by atoms with Gasteiger partial charge in [-0.05, 0) is 37.1 Å². The lowest BCUT2D eigenvalue weighted by Crippen LogP contribution is -2.34. The Bertz CT molecular complexity index is 814. The standard InChI is InChI=1S/C16H18N2O6S/c1-10(19)18-25(23,24)12-8-6-11(7-9-12)17-15(20)13-4-2-3-5-14(13)16(21)22/h2-3,6-9,13-14H,4-5H2,1H3,(H,17,20)(H,18,19)(H,21,22)/t13-,14+/m0/s1. The first kappa shape index (κ1) is 18.7. The fourth-order valence-electron chi connectivity index (χ4n) is 2.58. The lowest BCUT2D eigenvalue weighted by molar-refractivity contribution is -0.146. The highest BCUT2D eigenvalue weighted by Gasteiger charge is 2.33. The molecule has 0 aromatic heterocycles. The van der Waals surface area contributed by atoms with Crippen LogP contribution in [0.2, 0.25) is 0 Å². The van der Waals surface area contributed by atoms with Gasteiger partial charge in [-0.2, -0.15) is 0 Å². The Kier molecular flexibility index (Phi) is 5.58. The Labute approximate surface area is 145 Å². The van der Waals surface area contributed by atoms with E-state index < -0.39 is 39.6 Å². The highest BCUT2D eigenvalue weighted by molar-refractivity contribution is 7.90. The van der Waals surface area contributed by atoms with Crippen molar-refractivity contribution in [1.82, 2.24) is 4.72 Å². The van der Waals surface area contributed by atoms with Gasteiger partial charge >= 0.3 is 5.97 Å². The molecule has 134 valence electrons. The summed E-state index contributed by atoms with van der Waals surface area (Å²) in [6.45, 7) is 1.09. The van der Waals surface area contributed by atoms with Gasteiger partial charge in [-0.1, -0.05) is 12.2 Å². The first-order valence-electron chi connectivity index (χ1n) is 7.53. The molecule has 0 unspecified atom stereocenters. The van der Waals surface area contributed by atoms with Gasteiger partial charge < -0.3 is 10.4 Å². The Morgan fingerprint density at radius 3 is 2.12 bits per heavy atom. The Balaban J connectivity index is 2.10. The zero-order chi connectivity index (χ0) is 18.6. The van der Waals surface area contributed by atoms with E-state index in [1.165, 1.54) is 24.3 Å². The third kappa shape index (κ3) is 4.66. The zero-order valence-corrected chi connectivity index (χ0v) is 14.2. The van der Waals surface area contributed by atoms with Gasteiger partial charge in [0.2, 0.25) is 11.8 Å². The molecule has 2 rings (SSSR count). The average molecular weight is 366 g/mol. The Morgan fingerprint density at radius 2 is 1.60 bits per heavy atom. The number of sulfonamides is 1. The normalized spacial score (nSPS) is 19.9. The molecule has 3 N–H and O–H groups in total. The first-order chi connectivity index (χ1) is 11.7. The molecule has 2 amide bonds. The number of aliphatic carboxylic acids is 1. The summed E-state index contributed by atoms with van der Waals surface area (Å²) in [6, 6.07) is 5.24. The molecule has 1 aliphatic carbocycles. The quantitative estimate of drug-likeness (QED) is 0.670. The minimum Gasteiger partial charge on any atom is -0.481 e. The second-order valence-corrected chi connectivity index (χ2v) is 7.35. The molecule has 1 aromatic rings. The fraction of sp³-hybridized carbons (Fsp3) is 0.312. The lowest BCUT2D eigenvalue weighted by Gasteiger charge is -2.24. The topological polar surface area (TPSA) is 130 Å². The number of benzene rings is 1. The Morgan fingerprint density at radius 1 is 1.04 bits per heavy atom. The number of carboxylic acids is 1. The summed E-state index contributed by atoms with van der Waals surface area (Å²) in [6.07, 6.45) is 4.14. The van der Waals surface area contributed by atoms with Gasteiger partial charge in [0.25, 0.3) is 10.0 Å². The van der Waals surface area contributed by atoms with Crippen LogP contribution in [0, 0.1) is 11.8 Å². The van der Waals surface area contributed by atoms with Crippen LogP contribution in [0.3, 0.4) is 0 Å². The SMILES string of the molecule is CC(=O)NS(=O)(=O)c1ccc(NC(=O)[C@H]2CC=CC[C@H]2C(=O)O)cc1. The first-order valence-corrected chi connectivity index (χ1v) is 9.01. The zero-order valence-electron chi connectivity index (χ0n) is 13.4. The van der Waals surface area contributed by atoms with Crippen LogP contribution in [0.4, 0.5) is 5.69 Å². The van der Waals surface area contributed by atoms with Crippen LogP contribution in [-0.4, -0.2) is 31.3 Å². The van der Waals surface area contributed by atoms with Crippen LogP contribution in [0.15, 0.2) is 41.3 Å². The molecule has 9 heteroatoms. The third-order valence-electron chi connectivity index (χ3n) is 3.80. The van der Waals surface area contributed by atoms with Crippen LogP contribution >= 0.6 is 0 Å². The molecule has 8 nitrogen and oxygen atoms in total. The molecule has 0 saturated carbocycles. The number of nitrogens with one attached hydrogen (secondary N) is 2. The lowest BCUT2D eigenvalue weighted by atomic mass is 9.82. The number of amides is 2. The van der Waals surface area contributed by atoms with Crippen molar-refractivity contribution >= 4 is 33.5 Å². The summed E-state index contributed by atoms with van der Waals surface area (Å²) in [5.41, 5.74) is 0.338. The van der Waals surface area contributed by atoms with E-state index in [2.05, 4.69) is 5.32 Å². The van der Waals surface area contributed by atoms with E-state index in [-0.39, 0.29) is 4.90 Å². The minimum atomic E-state index is -3.94. The molecule has 0 aliphatic heterocycles. The molecule has 25 heavy (non-hydrogen) atoms. The number of allylic oxidation sites excluding steroid dienone is 2. The number of carbonyl (C=O) groups is 3. The van der Waals surface area contributed by atoms with E-state index in [0.717, 1.165) is 6.92 Å². The van der Waals surface area contributed by atoms with Crippen molar-refractivity contribution in [3.63, 3.8) is 0 Å². The second kappa shape index (κ2) is 7.47. The molecule has 0 heterocycles. The predicted molar refractivity (Wildman–Crippen MR) is 89.1 cm³/mol. The van der Waals surface area contributed by atoms with E-state index >= 15 is 0 Å². The highest BCUT2D eigenvalue weighted by Crippen LogP contribution is 2.27. The smallest absolute Gasteiger partial charge is 0.307 e. The monoisotopic (exact) mass is 366 g/mol. The largest absolute Gasteiger partial charge is 0.481 e. The average Bonchev–Trinajstić information content (AvgIpc) is 2.54. The van der Waals surface area contributed by atoms with E-state index in [1.54, 1.807) is 12.2 Å². The van der Waals surface area contributed by atoms with Gasteiger partial charge in [-0.3, -0.25) is 14.4 Å². The molecule has 0 fully saturated rings. The van der Waals surface area contributed by atoms with Crippen LogP contribution in [-0.2, 0) is 24.4 Å². The minimum absolute atomic E-state index is 0.121. The van der Waals surface area contributed by atoms with Gasteiger partial charge in [0, 0.05) is 12.6 Å². The number of carbonyl (C=O) groups excluding carboxylic acids is 2. The molecule has 0 bridgehead atoms. The molecule has 1 aromatic carbocycles. The number of rotatable bonds is 5. The highest BCUT2D eigenvalue weighted by atomic mass is 32.2. The molecular formula is C16H18N2O6S. The van der Waals surface area contributed by atoms with E-state index in [1.807, 2.05) is 4.72 Å². The molecular weight excluding hydrogens is 348 g/mol. The summed E-state index contributed by atoms with van der Waals surface area (Å²) in [5, 5.41) is 11.8. The molecule has 2 atom stereocenters. The van der Waals surface area contributed by atoms with Gasteiger partial charge in [0.15, 0.2) is 0 Å². The second-order valence-electron chi connectivity index (χ2n) is 5.67. The maximum Gasteiger partial charge on any atom is 0.307 e. The van der Waals surface area contributed by atoms with Crippen LogP contribution < -0.4 is 10.0 Å². The molecule has 1 aliphatic rings. The molecule has 0 spiro atoms. The summed E-state index contributed by atoms with van der Waals surface area (Å²) in [5.74, 6) is -3.65. The van der Waals surface area contributed by atoms with Crippen molar-refractivity contribution in [1.29, 1.82) is 0 Å². The summed E-state index contributed by atoms with van der Waals surface area (Å²) in [4.78, 5) is 34.4.